The molecule has 1 aliphatic heterocycles. The van der Waals surface area contributed by atoms with E-state index in [0.717, 1.165) is 18.5 Å². The molecule has 0 radical (unpaired) electrons. The van der Waals surface area contributed by atoms with Crippen molar-refractivity contribution in [1.29, 1.82) is 0 Å². The van der Waals surface area contributed by atoms with Gasteiger partial charge in [0.15, 0.2) is 0 Å². The van der Waals surface area contributed by atoms with Crippen molar-refractivity contribution in [3.63, 3.8) is 0 Å². The first kappa shape index (κ1) is 11.4. The van der Waals surface area contributed by atoms with E-state index >= 15 is 0 Å². The lowest BCUT2D eigenvalue weighted by Gasteiger charge is -2.36. The lowest BCUT2D eigenvalue weighted by Crippen LogP contribution is -2.51. The van der Waals surface area contributed by atoms with Crippen LogP contribution in [0.1, 0.15) is 18.5 Å². The molecule has 0 amide bonds. The summed E-state index contributed by atoms with van der Waals surface area (Å²) in [6.07, 6.45) is 4.94. The monoisotopic (exact) mass is 223 g/mol. The average Bonchev–Trinajstić information content (AvgIpc) is 2.39. The van der Waals surface area contributed by atoms with Gasteiger partial charge < -0.3 is 15.2 Å². The third kappa shape index (κ3) is 2.75. The molecule has 0 saturated carbocycles. The zero-order valence-corrected chi connectivity index (χ0v) is 9.22. The van der Waals surface area contributed by atoms with Crippen molar-refractivity contribution >= 4 is 0 Å². The lowest BCUT2D eigenvalue weighted by molar-refractivity contribution is 0.0110. The Morgan fingerprint density at radius 1 is 1.44 bits per heavy atom. The molecule has 5 heteroatoms. The molecular formula is C11H17N3O2. The van der Waals surface area contributed by atoms with Gasteiger partial charge in [0.05, 0.1) is 12.3 Å². The fourth-order valence-corrected chi connectivity index (χ4v) is 1.85. The molecule has 0 unspecified atom stereocenters. The fraction of sp³-hybridized carbons (Fsp3) is 0.636. The first-order chi connectivity index (χ1) is 7.85. The summed E-state index contributed by atoms with van der Waals surface area (Å²) in [6, 6.07) is 1.87. The summed E-state index contributed by atoms with van der Waals surface area (Å²) in [5.41, 5.74) is 0.734. The number of nitrogens with one attached hydrogen (secondary N) is 1. The Kier molecular flexibility index (Phi) is 3.82. The van der Waals surface area contributed by atoms with Crippen molar-refractivity contribution in [3.05, 3.63) is 24.3 Å². The van der Waals surface area contributed by atoms with Crippen LogP contribution in [-0.2, 0) is 11.3 Å². The average molecular weight is 223 g/mol. The molecule has 1 aliphatic rings. The van der Waals surface area contributed by atoms with Crippen LogP contribution in [0.3, 0.4) is 0 Å². The van der Waals surface area contributed by atoms with Gasteiger partial charge in [-0.05, 0) is 18.9 Å². The van der Waals surface area contributed by atoms with E-state index < -0.39 is 0 Å². The van der Waals surface area contributed by atoms with Crippen LogP contribution in [0.15, 0.2) is 18.6 Å². The normalized spacial score (nSPS) is 19.6. The minimum absolute atomic E-state index is 0.140. The summed E-state index contributed by atoms with van der Waals surface area (Å²) in [7, 11) is 0. The molecule has 1 aromatic heterocycles. The highest BCUT2D eigenvalue weighted by Crippen LogP contribution is 2.20. The summed E-state index contributed by atoms with van der Waals surface area (Å²) >= 11 is 0. The zero-order valence-electron chi connectivity index (χ0n) is 9.22. The summed E-state index contributed by atoms with van der Waals surface area (Å²) in [5, 5.41) is 12.8. The van der Waals surface area contributed by atoms with Crippen molar-refractivity contribution in [2.24, 2.45) is 0 Å². The van der Waals surface area contributed by atoms with Gasteiger partial charge in [0.1, 0.15) is 6.33 Å². The lowest BCUT2D eigenvalue weighted by atomic mass is 9.91. The van der Waals surface area contributed by atoms with Crippen LogP contribution in [0, 0.1) is 0 Å². The number of aliphatic hydroxyl groups excluding tert-OH is 1. The summed E-state index contributed by atoms with van der Waals surface area (Å²) in [6.45, 7) is 2.21. The van der Waals surface area contributed by atoms with Gasteiger partial charge in [-0.3, -0.25) is 0 Å². The number of aliphatic hydroxyl groups is 1. The molecule has 0 bridgehead atoms. The minimum atomic E-state index is -0.205. The van der Waals surface area contributed by atoms with Crippen molar-refractivity contribution in [2.75, 3.05) is 19.8 Å². The molecule has 0 spiro atoms. The predicted octanol–water partition coefficient (Wildman–Crippen LogP) is 0.108. The molecule has 0 aromatic carbocycles. The number of hydrogen-bond acceptors (Lipinski definition) is 5. The largest absolute Gasteiger partial charge is 0.394 e. The van der Waals surface area contributed by atoms with Crippen LogP contribution in [0.25, 0.3) is 0 Å². The first-order valence-corrected chi connectivity index (χ1v) is 5.53. The Morgan fingerprint density at radius 3 is 2.88 bits per heavy atom. The Labute approximate surface area is 94.9 Å². The highest BCUT2D eigenvalue weighted by Gasteiger charge is 2.31. The standard InChI is InChI=1S/C11H17N3O2/c15-8-11(2-5-16-6-3-11)14-7-10-1-4-12-9-13-10/h1,4,9,14-15H,2-3,5-8H2. The topological polar surface area (TPSA) is 67.3 Å². The Morgan fingerprint density at radius 2 is 2.25 bits per heavy atom. The van der Waals surface area contributed by atoms with Crippen LogP contribution < -0.4 is 5.32 Å². The molecule has 1 aromatic rings. The van der Waals surface area contributed by atoms with Crippen molar-refractivity contribution in [2.45, 2.75) is 24.9 Å². The second-order valence-corrected chi connectivity index (χ2v) is 4.11. The van der Waals surface area contributed by atoms with Crippen molar-refractivity contribution < 1.29 is 9.84 Å². The Balaban J connectivity index is 1.92. The number of nitrogens with zero attached hydrogens (tertiary/aromatic N) is 2. The third-order valence-electron chi connectivity index (χ3n) is 3.04. The predicted molar refractivity (Wildman–Crippen MR) is 58.7 cm³/mol. The van der Waals surface area contributed by atoms with Gasteiger partial charge in [-0.25, -0.2) is 9.97 Å². The quantitative estimate of drug-likeness (QED) is 0.758. The van der Waals surface area contributed by atoms with Crippen molar-refractivity contribution in [1.82, 2.24) is 15.3 Å². The second-order valence-electron chi connectivity index (χ2n) is 4.11. The van der Waals surface area contributed by atoms with E-state index in [9.17, 15) is 5.11 Å². The number of ether oxygens (including phenoxy) is 1. The maximum atomic E-state index is 9.47. The maximum absolute atomic E-state index is 9.47. The molecule has 0 atom stereocenters. The van der Waals surface area contributed by atoms with E-state index in [4.69, 9.17) is 4.74 Å². The number of hydrogen-bond donors (Lipinski definition) is 2. The molecule has 2 N–H and O–H groups in total. The Hall–Kier alpha value is -1.04. The number of rotatable bonds is 4. The SMILES string of the molecule is OCC1(NCc2ccncn2)CCOCC1. The summed E-state index contributed by atoms with van der Waals surface area (Å²) in [5.74, 6) is 0. The smallest absolute Gasteiger partial charge is 0.115 e. The highest BCUT2D eigenvalue weighted by molar-refractivity contribution is 5.00. The van der Waals surface area contributed by atoms with Crippen LogP contribution in [-0.4, -0.2) is 40.4 Å². The van der Waals surface area contributed by atoms with Gasteiger partial charge in [-0.15, -0.1) is 0 Å². The molecule has 1 fully saturated rings. The molecular weight excluding hydrogens is 206 g/mol. The van der Waals surface area contributed by atoms with Crippen LogP contribution >= 0.6 is 0 Å². The molecule has 2 rings (SSSR count). The highest BCUT2D eigenvalue weighted by atomic mass is 16.5. The molecule has 2 heterocycles. The Bertz CT molecular complexity index is 312. The minimum Gasteiger partial charge on any atom is -0.394 e. The maximum Gasteiger partial charge on any atom is 0.115 e. The zero-order chi connectivity index (χ0) is 11.3. The van der Waals surface area contributed by atoms with E-state index in [-0.39, 0.29) is 12.1 Å². The first-order valence-electron chi connectivity index (χ1n) is 5.53. The van der Waals surface area contributed by atoms with E-state index in [1.807, 2.05) is 6.07 Å². The molecule has 5 nitrogen and oxygen atoms in total. The van der Waals surface area contributed by atoms with Crippen LogP contribution in [0.2, 0.25) is 0 Å². The fourth-order valence-electron chi connectivity index (χ4n) is 1.85. The second kappa shape index (κ2) is 5.34. The van der Waals surface area contributed by atoms with E-state index in [1.165, 1.54) is 6.33 Å². The van der Waals surface area contributed by atoms with E-state index in [0.29, 0.717) is 19.8 Å². The van der Waals surface area contributed by atoms with Gasteiger partial charge in [-0.1, -0.05) is 0 Å². The van der Waals surface area contributed by atoms with Crippen LogP contribution in [0.5, 0.6) is 0 Å². The third-order valence-corrected chi connectivity index (χ3v) is 3.04. The van der Waals surface area contributed by atoms with E-state index in [1.54, 1.807) is 6.20 Å². The van der Waals surface area contributed by atoms with Gasteiger partial charge in [0, 0.05) is 31.5 Å². The van der Waals surface area contributed by atoms with Gasteiger partial charge >= 0.3 is 0 Å². The number of aromatic nitrogens is 2. The molecule has 16 heavy (non-hydrogen) atoms. The van der Waals surface area contributed by atoms with Crippen LogP contribution in [0.4, 0.5) is 0 Å². The van der Waals surface area contributed by atoms with E-state index in [2.05, 4.69) is 15.3 Å². The van der Waals surface area contributed by atoms with Gasteiger partial charge in [0.25, 0.3) is 0 Å². The molecule has 0 aliphatic carbocycles. The van der Waals surface area contributed by atoms with Crippen molar-refractivity contribution in [3.8, 4) is 0 Å². The summed E-state index contributed by atoms with van der Waals surface area (Å²) < 4.78 is 5.30. The van der Waals surface area contributed by atoms with Gasteiger partial charge in [0.2, 0.25) is 0 Å². The van der Waals surface area contributed by atoms with Gasteiger partial charge in [-0.2, -0.15) is 0 Å². The molecule has 88 valence electrons. The molecule has 1 saturated heterocycles. The summed E-state index contributed by atoms with van der Waals surface area (Å²) in [4.78, 5) is 8.01.